The monoisotopic (exact) mass is 101 g/mol. The SMILES string of the molecule is C=C(CCO)NC. The molecule has 0 bridgehead atoms. The number of hydrogen-bond acceptors (Lipinski definition) is 2. The summed E-state index contributed by atoms with van der Waals surface area (Å²) in [5, 5.41) is 11.1. The Hall–Kier alpha value is -0.500. The summed E-state index contributed by atoms with van der Waals surface area (Å²) in [4.78, 5) is 0. The van der Waals surface area contributed by atoms with Crippen LogP contribution in [0.15, 0.2) is 12.3 Å². The highest BCUT2D eigenvalue weighted by molar-refractivity contribution is 4.88. The Balaban J connectivity index is 3.00. The number of aliphatic hydroxyl groups is 1. The predicted octanol–water partition coefficient (Wildman–Crippen LogP) is 0.102. The average molecular weight is 101 g/mol. The predicted molar refractivity (Wildman–Crippen MR) is 29.9 cm³/mol. The molecule has 42 valence electrons. The Labute approximate surface area is 43.9 Å². The molecule has 0 aromatic carbocycles. The van der Waals surface area contributed by atoms with Crippen molar-refractivity contribution in [3.8, 4) is 0 Å². The number of hydrogen-bond donors (Lipinski definition) is 2. The fourth-order valence-electron chi connectivity index (χ4n) is 0.260. The van der Waals surface area contributed by atoms with Crippen molar-refractivity contribution in [3.63, 3.8) is 0 Å². The van der Waals surface area contributed by atoms with Gasteiger partial charge in [0.1, 0.15) is 0 Å². The Kier molecular flexibility index (Phi) is 3.42. The maximum atomic E-state index is 8.27. The summed E-state index contributed by atoms with van der Waals surface area (Å²) in [5.41, 5.74) is 0.877. The van der Waals surface area contributed by atoms with Crippen molar-refractivity contribution < 1.29 is 5.11 Å². The van der Waals surface area contributed by atoms with Gasteiger partial charge in [0.15, 0.2) is 0 Å². The van der Waals surface area contributed by atoms with Crippen LogP contribution in [0.2, 0.25) is 0 Å². The molecule has 0 aliphatic rings. The van der Waals surface area contributed by atoms with E-state index in [2.05, 4.69) is 11.9 Å². The first-order valence-electron chi connectivity index (χ1n) is 2.27. The number of nitrogens with one attached hydrogen (secondary N) is 1. The number of aliphatic hydroxyl groups excluding tert-OH is 1. The molecule has 0 fully saturated rings. The van der Waals surface area contributed by atoms with Crippen LogP contribution in [-0.4, -0.2) is 18.8 Å². The minimum absolute atomic E-state index is 0.180. The van der Waals surface area contributed by atoms with Gasteiger partial charge in [0.2, 0.25) is 0 Å². The first-order chi connectivity index (χ1) is 3.31. The highest BCUT2D eigenvalue weighted by Gasteiger charge is 1.82. The molecule has 7 heavy (non-hydrogen) atoms. The molecule has 0 unspecified atom stereocenters. The second kappa shape index (κ2) is 3.68. The van der Waals surface area contributed by atoms with Gasteiger partial charge in [0.25, 0.3) is 0 Å². The summed E-state index contributed by atoms with van der Waals surface area (Å²) in [6, 6.07) is 0. The van der Waals surface area contributed by atoms with Crippen molar-refractivity contribution in [2.24, 2.45) is 0 Å². The van der Waals surface area contributed by atoms with Crippen molar-refractivity contribution >= 4 is 0 Å². The van der Waals surface area contributed by atoms with Gasteiger partial charge in [-0.25, -0.2) is 0 Å². The van der Waals surface area contributed by atoms with Crippen molar-refractivity contribution in [3.05, 3.63) is 12.3 Å². The molecule has 0 aromatic rings. The van der Waals surface area contributed by atoms with E-state index in [4.69, 9.17) is 5.11 Å². The molecule has 0 aromatic heterocycles. The molecule has 0 aliphatic heterocycles. The van der Waals surface area contributed by atoms with Crippen LogP contribution in [0.25, 0.3) is 0 Å². The zero-order valence-corrected chi connectivity index (χ0v) is 4.57. The molecule has 0 radical (unpaired) electrons. The third-order valence-electron chi connectivity index (χ3n) is 0.767. The van der Waals surface area contributed by atoms with E-state index in [0.29, 0.717) is 6.42 Å². The largest absolute Gasteiger partial charge is 0.396 e. The maximum Gasteiger partial charge on any atom is 0.0485 e. The van der Waals surface area contributed by atoms with Gasteiger partial charge in [0, 0.05) is 25.8 Å². The van der Waals surface area contributed by atoms with Crippen molar-refractivity contribution in [2.75, 3.05) is 13.7 Å². The first kappa shape index (κ1) is 6.50. The molecular weight excluding hydrogens is 90.1 g/mol. The van der Waals surface area contributed by atoms with Crippen molar-refractivity contribution in [1.29, 1.82) is 0 Å². The van der Waals surface area contributed by atoms with E-state index >= 15 is 0 Å². The molecular formula is C5H11NO. The standard InChI is InChI=1S/C5H11NO/c1-5(6-2)3-4-7/h6-7H,1,3-4H2,2H3. The van der Waals surface area contributed by atoms with Gasteiger partial charge in [-0.2, -0.15) is 0 Å². The minimum atomic E-state index is 0.180. The summed E-state index contributed by atoms with van der Waals surface area (Å²) in [6.07, 6.45) is 0.649. The van der Waals surface area contributed by atoms with E-state index in [1.165, 1.54) is 0 Å². The summed E-state index contributed by atoms with van der Waals surface area (Å²) < 4.78 is 0. The Bertz CT molecular complexity index is 61.1. The van der Waals surface area contributed by atoms with Crippen LogP contribution in [0.3, 0.4) is 0 Å². The summed E-state index contributed by atoms with van der Waals surface area (Å²) >= 11 is 0. The molecule has 2 N–H and O–H groups in total. The molecule has 0 atom stereocenters. The summed E-state index contributed by atoms with van der Waals surface area (Å²) in [7, 11) is 1.79. The third-order valence-corrected chi connectivity index (χ3v) is 0.767. The smallest absolute Gasteiger partial charge is 0.0485 e. The molecule has 0 saturated heterocycles. The lowest BCUT2D eigenvalue weighted by Gasteiger charge is -1.97. The zero-order valence-electron chi connectivity index (χ0n) is 4.57. The van der Waals surface area contributed by atoms with Gasteiger partial charge >= 0.3 is 0 Å². The molecule has 0 aliphatic carbocycles. The van der Waals surface area contributed by atoms with Gasteiger partial charge in [-0.05, 0) is 0 Å². The minimum Gasteiger partial charge on any atom is -0.396 e. The van der Waals surface area contributed by atoms with E-state index < -0.39 is 0 Å². The molecule has 0 heterocycles. The van der Waals surface area contributed by atoms with Gasteiger partial charge in [0.05, 0.1) is 0 Å². The van der Waals surface area contributed by atoms with E-state index in [1.807, 2.05) is 0 Å². The van der Waals surface area contributed by atoms with E-state index in [-0.39, 0.29) is 6.61 Å². The lowest BCUT2D eigenvalue weighted by molar-refractivity contribution is 0.297. The second-order valence-corrected chi connectivity index (χ2v) is 1.33. The van der Waals surface area contributed by atoms with Crippen LogP contribution in [0.1, 0.15) is 6.42 Å². The molecule has 0 spiro atoms. The normalized spacial score (nSPS) is 8.29. The van der Waals surface area contributed by atoms with Crippen LogP contribution in [0.5, 0.6) is 0 Å². The summed E-state index contributed by atoms with van der Waals surface area (Å²) in [6.45, 7) is 3.77. The molecule has 0 amide bonds. The molecule has 2 heteroatoms. The van der Waals surface area contributed by atoms with E-state index in [1.54, 1.807) is 7.05 Å². The highest BCUT2D eigenvalue weighted by Crippen LogP contribution is 1.86. The topological polar surface area (TPSA) is 32.3 Å². The lowest BCUT2D eigenvalue weighted by atomic mass is 10.4. The zero-order chi connectivity index (χ0) is 5.70. The fraction of sp³-hybridized carbons (Fsp3) is 0.600. The quantitative estimate of drug-likeness (QED) is 0.528. The Morgan fingerprint density at radius 3 is 2.57 bits per heavy atom. The first-order valence-corrected chi connectivity index (χ1v) is 2.27. The van der Waals surface area contributed by atoms with E-state index in [0.717, 1.165) is 5.70 Å². The van der Waals surface area contributed by atoms with E-state index in [9.17, 15) is 0 Å². The van der Waals surface area contributed by atoms with Crippen LogP contribution in [0.4, 0.5) is 0 Å². The molecule has 2 nitrogen and oxygen atoms in total. The van der Waals surface area contributed by atoms with Gasteiger partial charge in [-0.1, -0.05) is 6.58 Å². The fourth-order valence-corrected chi connectivity index (χ4v) is 0.260. The Morgan fingerprint density at radius 2 is 2.43 bits per heavy atom. The number of rotatable bonds is 3. The lowest BCUT2D eigenvalue weighted by Crippen LogP contribution is -2.04. The second-order valence-electron chi connectivity index (χ2n) is 1.33. The van der Waals surface area contributed by atoms with Gasteiger partial charge in [-0.3, -0.25) is 0 Å². The van der Waals surface area contributed by atoms with Crippen LogP contribution in [0, 0.1) is 0 Å². The molecule has 0 saturated carbocycles. The average Bonchev–Trinajstić information content (AvgIpc) is 1.68. The molecule has 0 rings (SSSR count). The van der Waals surface area contributed by atoms with Crippen molar-refractivity contribution in [2.45, 2.75) is 6.42 Å². The Morgan fingerprint density at radius 1 is 1.86 bits per heavy atom. The van der Waals surface area contributed by atoms with Gasteiger partial charge in [-0.15, -0.1) is 0 Å². The van der Waals surface area contributed by atoms with Crippen LogP contribution < -0.4 is 5.32 Å². The van der Waals surface area contributed by atoms with Crippen molar-refractivity contribution in [1.82, 2.24) is 5.32 Å². The van der Waals surface area contributed by atoms with Crippen LogP contribution >= 0.6 is 0 Å². The highest BCUT2D eigenvalue weighted by atomic mass is 16.3. The van der Waals surface area contributed by atoms with Crippen LogP contribution in [-0.2, 0) is 0 Å². The third kappa shape index (κ3) is 3.33. The van der Waals surface area contributed by atoms with Gasteiger partial charge < -0.3 is 10.4 Å². The summed E-state index contributed by atoms with van der Waals surface area (Å²) in [5.74, 6) is 0. The maximum absolute atomic E-state index is 8.27.